The second-order valence-corrected chi connectivity index (χ2v) is 7.62. The maximum atomic E-state index is 12.2. The SMILES string of the molecule is CCc1ccccc1NC(=O)CCCC1=NS(=O)(=O)c2ccccc2N1. The topological polar surface area (TPSA) is 87.6 Å². The summed E-state index contributed by atoms with van der Waals surface area (Å²) in [6.07, 6.45) is 2.02. The highest BCUT2D eigenvalue weighted by molar-refractivity contribution is 7.90. The van der Waals surface area contributed by atoms with E-state index in [0.29, 0.717) is 30.8 Å². The summed E-state index contributed by atoms with van der Waals surface area (Å²) < 4.78 is 28.2. The molecule has 1 heterocycles. The van der Waals surface area contributed by atoms with Crippen LogP contribution in [0, 0.1) is 0 Å². The zero-order chi connectivity index (χ0) is 18.6. The molecule has 26 heavy (non-hydrogen) atoms. The average Bonchev–Trinajstić information content (AvgIpc) is 2.61. The fourth-order valence-electron chi connectivity index (χ4n) is 2.86. The number of nitrogens with one attached hydrogen (secondary N) is 2. The number of hydrogen-bond acceptors (Lipinski definition) is 4. The van der Waals surface area contributed by atoms with Gasteiger partial charge < -0.3 is 10.6 Å². The molecule has 0 spiro atoms. The first-order valence-electron chi connectivity index (χ1n) is 8.57. The highest BCUT2D eigenvalue weighted by Gasteiger charge is 2.23. The lowest BCUT2D eigenvalue weighted by molar-refractivity contribution is -0.116. The molecule has 2 N–H and O–H groups in total. The molecule has 6 nitrogen and oxygen atoms in total. The third-order valence-electron chi connectivity index (χ3n) is 4.16. The predicted octanol–water partition coefficient (Wildman–Crippen LogP) is 3.57. The number of nitrogens with zero attached hydrogens (tertiary/aromatic N) is 1. The van der Waals surface area contributed by atoms with Crippen molar-refractivity contribution in [3.05, 3.63) is 54.1 Å². The number of amides is 1. The lowest BCUT2D eigenvalue weighted by Gasteiger charge is -2.17. The summed E-state index contributed by atoms with van der Waals surface area (Å²) in [5.74, 6) is 0.274. The molecule has 0 fully saturated rings. The molecule has 1 aliphatic rings. The van der Waals surface area contributed by atoms with Crippen LogP contribution in [-0.2, 0) is 21.2 Å². The molecular weight excluding hydrogens is 350 g/mol. The first kappa shape index (κ1) is 18.1. The molecule has 0 saturated carbocycles. The number of rotatable bonds is 6. The standard InChI is InChI=1S/C19H21N3O3S/c1-2-14-8-3-4-9-15(14)21-19(23)13-7-12-18-20-16-10-5-6-11-17(16)26(24,25)22-18/h3-6,8-11H,2,7,12-13H2,1H3,(H,20,22)(H,21,23). The van der Waals surface area contributed by atoms with Crippen molar-refractivity contribution >= 4 is 33.1 Å². The first-order valence-corrected chi connectivity index (χ1v) is 10.0. The summed E-state index contributed by atoms with van der Waals surface area (Å²) in [5, 5.41) is 5.95. The molecule has 7 heteroatoms. The fourth-order valence-corrected chi connectivity index (χ4v) is 4.03. The highest BCUT2D eigenvalue weighted by atomic mass is 32.2. The van der Waals surface area contributed by atoms with Crippen molar-refractivity contribution in [2.24, 2.45) is 4.40 Å². The summed E-state index contributed by atoms with van der Waals surface area (Å²) in [7, 11) is -3.67. The van der Waals surface area contributed by atoms with Gasteiger partial charge in [0.05, 0.1) is 5.69 Å². The van der Waals surface area contributed by atoms with Gasteiger partial charge in [-0.3, -0.25) is 4.79 Å². The Balaban J connectivity index is 1.57. The lowest BCUT2D eigenvalue weighted by atomic mass is 10.1. The van der Waals surface area contributed by atoms with Gasteiger partial charge in [-0.05, 0) is 36.6 Å². The molecule has 0 bridgehead atoms. The van der Waals surface area contributed by atoms with Gasteiger partial charge in [-0.1, -0.05) is 37.3 Å². The Kier molecular flexibility index (Phi) is 5.37. The molecule has 3 rings (SSSR count). The number of anilines is 2. The molecule has 0 unspecified atom stereocenters. The van der Waals surface area contributed by atoms with Crippen molar-refractivity contribution in [1.29, 1.82) is 0 Å². The van der Waals surface area contributed by atoms with Crippen LogP contribution in [0.25, 0.3) is 0 Å². The van der Waals surface area contributed by atoms with E-state index in [2.05, 4.69) is 15.0 Å². The summed E-state index contributed by atoms with van der Waals surface area (Å²) in [6.45, 7) is 2.04. The third-order valence-corrected chi connectivity index (χ3v) is 5.54. The van der Waals surface area contributed by atoms with Crippen molar-refractivity contribution in [3.8, 4) is 0 Å². The molecule has 2 aromatic rings. The first-order chi connectivity index (χ1) is 12.5. The van der Waals surface area contributed by atoms with Crippen LogP contribution in [0.5, 0.6) is 0 Å². The number of fused-ring (bicyclic) bond motifs is 1. The van der Waals surface area contributed by atoms with E-state index < -0.39 is 10.0 Å². The molecule has 0 aliphatic carbocycles. The normalized spacial score (nSPS) is 14.7. The van der Waals surface area contributed by atoms with Crippen LogP contribution in [0.3, 0.4) is 0 Å². The van der Waals surface area contributed by atoms with Gasteiger partial charge >= 0.3 is 0 Å². The van der Waals surface area contributed by atoms with Gasteiger partial charge in [-0.15, -0.1) is 4.40 Å². The second kappa shape index (κ2) is 7.70. The van der Waals surface area contributed by atoms with Crippen LogP contribution >= 0.6 is 0 Å². The number of sulfonamides is 1. The van der Waals surface area contributed by atoms with Crippen LogP contribution in [0.1, 0.15) is 31.7 Å². The van der Waals surface area contributed by atoms with Gasteiger partial charge in [-0.2, -0.15) is 8.42 Å². The van der Waals surface area contributed by atoms with Crippen molar-refractivity contribution in [3.63, 3.8) is 0 Å². The quantitative estimate of drug-likeness (QED) is 0.812. The Labute approximate surface area is 153 Å². The number of hydrogen-bond donors (Lipinski definition) is 2. The van der Waals surface area contributed by atoms with Crippen molar-refractivity contribution < 1.29 is 13.2 Å². The van der Waals surface area contributed by atoms with Crippen molar-refractivity contribution in [2.75, 3.05) is 10.6 Å². The van der Waals surface area contributed by atoms with E-state index in [1.165, 1.54) is 6.07 Å². The van der Waals surface area contributed by atoms with Crippen LogP contribution in [0.15, 0.2) is 57.8 Å². The maximum absolute atomic E-state index is 12.2. The molecule has 136 valence electrons. The van der Waals surface area contributed by atoms with Crippen LogP contribution in [-0.4, -0.2) is 20.2 Å². The molecule has 0 radical (unpaired) electrons. The predicted molar refractivity (Wildman–Crippen MR) is 103 cm³/mol. The number of benzene rings is 2. The van der Waals surface area contributed by atoms with Gasteiger partial charge in [0.25, 0.3) is 10.0 Å². The smallest absolute Gasteiger partial charge is 0.286 e. The Morgan fingerprint density at radius 3 is 2.65 bits per heavy atom. The third kappa shape index (κ3) is 4.11. The summed E-state index contributed by atoms with van der Waals surface area (Å²) in [4.78, 5) is 12.3. The Bertz CT molecular complexity index is 952. The second-order valence-electron chi connectivity index (χ2n) is 6.05. The Hall–Kier alpha value is -2.67. The lowest BCUT2D eigenvalue weighted by Crippen LogP contribution is -2.22. The van der Waals surface area contributed by atoms with Gasteiger partial charge in [0.2, 0.25) is 5.91 Å². The van der Waals surface area contributed by atoms with Gasteiger partial charge in [0.1, 0.15) is 10.7 Å². The minimum Gasteiger partial charge on any atom is -0.342 e. The number of carbonyl (C=O) groups is 1. The van der Waals surface area contributed by atoms with Crippen molar-refractivity contribution in [1.82, 2.24) is 0 Å². The van der Waals surface area contributed by atoms with Crippen LogP contribution < -0.4 is 10.6 Å². The van der Waals surface area contributed by atoms with E-state index >= 15 is 0 Å². The van der Waals surface area contributed by atoms with Crippen LogP contribution in [0.4, 0.5) is 11.4 Å². The van der Waals surface area contributed by atoms with Gasteiger partial charge in [0, 0.05) is 18.5 Å². The zero-order valence-corrected chi connectivity index (χ0v) is 15.3. The molecule has 0 aromatic heterocycles. The van der Waals surface area contributed by atoms with E-state index in [1.54, 1.807) is 18.2 Å². The van der Waals surface area contributed by atoms with E-state index in [1.807, 2.05) is 31.2 Å². The van der Waals surface area contributed by atoms with E-state index in [9.17, 15) is 13.2 Å². The summed E-state index contributed by atoms with van der Waals surface area (Å²) >= 11 is 0. The van der Waals surface area contributed by atoms with Crippen LogP contribution in [0.2, 0.25) is 0 Å². The molecule has 2 aromatic carbocycles. The minimum atomic E-state index is -3.67. The van der Waals surface area contributed by atoms with E-state index in [-0.39, 0.29) is 10.8 Å². The molecule has 1 aliphatic heterocycles. The maximum Gasteiger partial charge on any atom is 0.286 e. The fraction of sp³-hybridized carbons (Fsp3) is 0.263. The monoisotopic (exact) mass is 371 g/mol. The van der Waals surface area contributed by atoms with E-state index in [4.69, 9.17) is 0 Å². The Morgan fingerprint density at radius 1 is 1.12 bits per heavy atom. The molecular formula is C19H21N3O3S. The number of carbonyl (C=O) groups excluding carboxylic acids is 1. The molecule has 0 saturated heterocycles. The zero-order valence-electron chi connectivity index (χ0n) is 14.5. The van der Waals surface area contributed by atoms with Gasteiger partial charge in [-0.25, -0.2) is 0 Å². The van der Waals surface area contributed by atoms with Crippen molar-refractivity contribution in [2.45, 2.75) is 37.5 Å². The molecule has 0 atom stereocenters. The highest BCUT2D eigenvalue weighted by Crippen LogP contribution is 2.27. The molecule has 1 amide bonds. The average molecular weight is 371 g/mol. The number of amidine groups is 1. The van der Waals surface area contributed by atoms with Gasteiger partial charge in [0.15, 0.2) is 0 Å². The summed E-state index contributed by atoms with van der Waals surface area (Å²) in [5.41, 5.74) is 2.44. The van der Waals surface area contributed by atoms with E-state index in [0.717, 1.165) is 17.7 Å². The number of para-hydroxylation sites is 2. The minimum absolute atomic E-state index is 0.0921. The summed E-state index contributed by atoms with van der Waals surface area (Å²) in [6, 6.07) is 14.4. The largest absolute Gasteiger partial charge is 0.342 e. The Morgan fingerprint density at radius 2 is 1.85 bits per heavy atom. The number of aryl methyl sites for hydroxylation is 1.